The van der Waals surface area contributed by atoms with Crippen molar-refractivity contribution in [3.63, 3.8) is 0 Å². The van der Waals surface area contributed by atoms with E-state index in [1.165, 1.54) is 11.1 Å². The first-order valence-corrected chi connectivity index (χ1v) is 4.82. The third-order valence-electron chi connectivity index (χ3n) is 1.82. The Kier molecular flexibility index (Phi) is 3.29. The van der Waals surface area contributed by atoms with Gasteiger partial charge in [-0.3, -0.25) is 0 Å². The van der Waals surface area contributed by atoms with E-state index in [-0.39, 0.29) is 6.10 Å². The summed E-state index contributed by atoms with van der Waals surface area (Å²) in [6.07, 6.45) is 0.476. The third-order valence-corrected chi connectivity index (χ3v) is 2.31. The Labute approximate surface area is 81.6 Å². The average Bonchev–Trinajstić information content (AvgIpc) is 1.94. The predicted molar refractivity (Wildman–Crippen MR) is 54.3 cm³/mol. The van der Waals surface area contributed by atoms with E-state index in [0.29, 0.717) is 0 Å². The van der Waals surface area contributed by atoms with E-state index in [1.807, 2.05) is 19.1 Å². The number of hydrogen-bond donors (Lipinski definition) is 1. The molecule has 1 nitrogen and oxygen atoms in total. The lowest BCUT2D eigenvalue weighted by Crippen LogP contribution is -2.05. The zero-order valence-corrected chi connectivity index (χ0v) is 8.93. The van der Waals surface area contributed by atoms with Gasteiger partial charge in [-0.1, -0.05) is 22.0 Å². The van der Waals surface area contributed by atoms with Gasteiger partial charge in [-0.25, -0.2) is 0 Å². The molecule has 1 rings (SSSR count). The Bertz CT molecular complexity index is 269. The second kappa shape index (κ2) is 4.06. The van der Waals surface area contributed by atoms with Crippen molar-refractivity contribution in [3.05, 3.63) is 33.8 Å². The molecule has 1 atom stereocenters. The lowest BCUT2D eigenvalue weighted by Gasteiger charge is -2.07. The minimum absolute atomic E-state index is 0.259. The summed E-state index contributed by atoms with van der Waals surface area (Å²) in [5.41, 5.74) is 2.44. The molecule has 0 saturated heterocycles. The summed E-state index contributed by atoms with van der Waals surface area (Å²) in [4.78, 5) is 0. The van der Waals surface area contributed by atoms with Gasteiger partial charge in [0.15, 0.2) is 0 Å². The van der Waals surface area contributed by atoms with Crippen LogP contribution in [0, 0.1) is 6.92 Å². The SMILES string of the molecule is Cc1cc(Br)ccc1C[C@H](C)O. The van der Waals surface area contributed by atoms with Gasteiger partial charge in [0, 0.05) is 4.47 Å². The van der Waals surface area contributed by atoms with Crippen molar-refractivity contribution in [1.82, 2.24) is 0 Å². The van der Waals surface area contributed by atoms with Crippen molar-refractivity contribution in [1.29, 1.82) is 0 Å². The smallest absolute Gasteiger partial charge is 0.0552 e. The molecule has 12 heavy (non-hydrogen) atoms. The number of aliphatic hydroxyl groups excluding tert-OH is 1. The number of halogens is 1. The maximum Gasteiger partial charge on any atom is 0.0552 e. The van der Waals surface area contributed by atoms with Gasteiger partial charge in [-0.2, -0.15) is 0 Å². The highest BCUT2D eigenvalue weighted by molar-refractivity contribution is 9.10. The van der Waals surface area contributed by atoms with Crippen LogP contribution in [0.5, 0.6) is 0 Å². The van der Waals surface area contributed by atoms with E-state index in [1.54, 1.807) is 0 Å². The van der Waals surface area contributed by atoms with Crippen molar-refractivity contribution < 1.29 is 5.11 Å². The molecule has 66 valence electrons. The quantitative estimate of drug-likeness (QED) is 0.826. The molecular formula is C10H13BrO. The van der Waals surface area contributed by atoms with Gasteiger partial charge in [0.2, 0.25) is 0 Å². The summed E-state index contributed by atoms with van der Waals surface area (Å²) in [6, 6.07) is 6.12. The Hall–Kier alpha value is -0.340. The number of aliphatic hydroxyl groups is 1. The summed E-state index contributed by atoms with van der Waals surface area (Å²) in [7, 11) is 0. The van der Waals surface area contributed by atoms with Crippen LogP contribution >= 0.6 is 15.9 Å². The normalized spacial score (nSPS) is 13.0. The highest BCUT2D eigenvalue weighted by Crippen LogP contribution is 2.16. The number of hydrogen-bond acceptors (Lipinski definition) is 1. The molecular weight excluding hydrogens is 216 g/mol. The molecule has 0 unspecified atom stereocenters. The molecule has 0 saturated carbocycles. The van der Waals surface area contributed by atoms with Crippen molar-refractivity contribution in [2.75, 3.05) is 0 Å². The number of rotatable bonds is 2. The molecule has 0 spiro atoms. The van der Waals surface area contributed by atoms with Crippen LogP contribution in [-0.2, 0) is 6.42 Å². The molecule has 0 amide bonds. The molecule has 0 fully saturated rings. The van der Waals surface area contributed by atoms with E-state index in [4.69, 9.17) is 0 Å². The van der Waals surface area contributed by atoms with Gasteiger partial charge in [-0.05, 0) is 43.5 Å². The second-order valence-corrected chi connectivity index (χ2v) is 4.04. The first kappa shape index (κ1) is 9.75. The molecule has 0 aliphatic heterocycles. The average molecular weight is 229 g/mol. The summed E-state index contributed by atoms with van der Waals surface area (Å²) in [6.45, 7) is 3.87. The fraction of sp³-hybridized carbons (Fsp3) is 0.400. The van der Waals surface area contributed by atoms with Crippen LogP contribution in [0.4, 0.5) is 0 Å². The third kappa shape index (κ3) is 2.61. The lowest BCUT2D eigenvalue weighted by atomic mass is 10.0. The maximum atomic E-state index is 9.19. The number of benzene rings is 1. The van der Waals surface area contributed by atoms with Crippen LogP contribution in [0.1, 0.15) is 18.1 Å². The maximum absolute atomic E-state index is 9.19. The minimum atomic E-state index is -0.259. The van der Waals surface area contributed by atoms with Crippen LogP contribution < -0.4 is 0 Å². The fourth-order valence-electron chi connectivity index (χ4n) is 1.21. The van der Waals surface area contributed by atoms with Crippen LogP contribution in [0.15, 0.2) is 22.7 Å². The van der Waals surface area contributed by atoms with E-state index >= 15 is 0 Å². The minimum Gasteiger partial charge on any atom is -0.393 e. The van der Waals surface area contributed by atoms with E-state index in [2.05, 4.69) is 28.9 Å². The monoisotopic (exact) mass is 228 g/mol. The Morgan fingerprint density at radius 1 is 1.50 bits per heavy atom. The van der Waals surface area contributed by atoms with Crippen LogP contribution in [-0.4, -0.2) is 11.2 Å². The molecule has 0 aliphatic carbocycles. The molecule has 0 aliphatic rings. The van der Waals surface area contributed by atoms with Gasteiger partial charge in [0.25, 0.3) is 0 Å². The van der Waals surface area contributed by atoms with Crippen molar-refractivity contribution in [2.45, 2.75) is 26.4 Å². The highest BCUT2D eigenvalue weighted by Gasteiger charge is 2.02. The summed E-state index contributed by atoms with van der Waals surface area (Å²) in [5, 5.41) is 9.19. The second-order valence-electron chi connectivity index (χ2n) is 3.12. The Balaban J connectivity index is 2.86. The first-order valence-electron chi connectivity index (χ1n) is 4.02. The standard InChI is InChI=1S/C10H13BrO/c1-7-5-10(11)4-3-9(7)6-8(2)12/h3-5,8,12H,6H2,1-2H3/t8-/m0/s1. The summed E-state index contributed by atoms with van der Waals surface area (Å²) in [5.74, 6) is 0. The molecule has 0 radical (unpaired) electrons. The zero-order chi connectivity index (χ0) is 9.14. The van der Waals surface area contributed by atoms with Crippen LogP contribution in [0.2, 0.25) is 0 Å². The van der Waals surface area contributed by atoms with Crippen LogP contribution in [0.25, 0.3) is 0 Å². The Morgan fingerprint density at radius 3 is 2.67 bits per heavy atom. The van der Waals surface area contributed by atoms with Gasteiger partial charge in [0.1, 0.15) is 0 Å². The zero-order valence-electron chi connectivity index (χ0n) is 7.34. The molecule has 0 aromatic heterocycles. The highest BCUT2D eigenvalue weighted by atomic mass is 79.9. The van der Waals surface area contributed by atoms with Gasteiger partial charge in [0.05, 0.1) is 6.10 Å². The molecule has 0 bridgehead atoms. The Morgan fingerprint density at radius 2 is 2.17 bits per heavy atom. The predicted octanol–water partition coefficient (Wildman–Crippen LogP) is 2.68. The van der Waals surface area contributed by atoms with E-state index < -0.39 is 0 Å². The van der Waals surface area contributed by atoms with Crippen LogP contribution in [0.3, 0.4) is 0 Å². The molecule has 1 N–H and O–H groups in total. The summed E-state index contributed by atoms with van der Waals surface area (Å²) < 4.78 is 1.09. The molecule has 1 aromatic carbocycles. The number of aryl methyl sites for hydroxylation is 1. The fourth-order valence-corrected chi connectivity index (χ4v) is 1.68. The molecule has 0 heterocycles. The largest absolute Gasteiger partial charge is 0.393 e. The lowest BCUT2D eigenvalue weighted by molar-refractivity contribution is 0.195. The van der Waals surface area contributed by atoms with Crippen molar-refractivity contribution in [3.8, 4) is 0 Å². The molecule has 1 aromatic rings. The van der Waals surface area contributed by atoms with Gasteiger partial charge in [-0.15, -0.1) is 0 Å². The van der Waals surface area contributed by atoms with Crippen molar-refractivity contribution in [2.24, 2.45) is 0 Å². The van der Waals surface area contributed by atoms with E-state index in [9.17, 15) is 5.11 Å². The van der Waals surface area contributed by atoms with Gasteiger partial charge >= 0.3 is 0 Å². The van der Waals surface area contributed by atoms with E-state index in [0.717, 1.165) is 10.9 Å². The molecule has 2 heteroatoms. The topological polar surface area (TPSA) is 20.2 Å². The van der Waals surface area contributed by atoms with Gasteiger partial charge < -0.3 is 5.11 Å². The summed E-state index contributed by atoms with van der Waals surface area (Å²) >= 11 is 3.40. The first-order chi connectivity index (χ1) is 5.59. The van der Waals surface area contributed by atoms with Crippen molar-refractivity contribution >= 4 is 15.9 Å².